The Morgan fingerprint density at radius 2 is 1.00 bits per heavy atom. The van der Waals surface area contributed by atoms with E-state index in [1.165, 1.54) is 77.0 Å². The van der Waals surface area contributed by atoms with Crippen molar-refractivity contribution in [3.63, 3.8) is 0 Å². The number of unbranched alkanes of at least 4 members (excludes halogenated alkanes) is 14. The highest BCUT2D eigenvalue weighted by atomic mass is 24.3. The van der Waals surface area contributed by atoms with E-state index in [1.807, 2.05) is 0 Å². The normalized spacial score (nSPS) is 11.9. The van der Waals surface area contributed by atoms with E-state index in [-0.39, 0.29) is 29.2 Å². The summed E-state index contributed by atoms with van der Waals surface area (Å²) < 4.78 is 0. The van der Waals surface area contributed by atoms with E-state index in [4.69, 9.17) is 5.11 Å². The predicted octanol–water partition coefficient (Wildman–Crippen LogP) is 5.95. The Morgan fingerprint density at radius 3 is 1.38 bits per heavy atom. The molecule has 0 saturated heterocycles. The molecule has 0 radical (unpaired) electrons. The second-order valence-electron chi connectivity index (χ2n) is 7.68. The van der Waals surface area contributed by atoms with Crippen molar-refractivity contribution >= 4 is 29.0 Å². The van der Waals surface area contributed by atoms with Crippen LogP contribution < -0.4 is 0 Å². The largest absolute Gasteiger partial charge is 0.481 e. The van der Waals surface area contributed by atoms with Crippen molar-refractivity contribution in [2.45, 2.75) is 135 Å². The molecule has 0 heterocycles. The summed E-state index contributed by atoms with van der Waals surface area (Å²) in [5, 5.41) is 18.6. The summed E-state index contributed by atoms with van der Waals surface area (Å²) in [7, 11) is 0. The molecular weight excluding hydrogens is 337 g/mol. The van der Waals surface area contributed by atoms with Crippen LogP contribution in [0.2, 0.25) is 0 Å². The summed E-state index contributed by atoms with van der Waals surface area (Å²) in [5.41, 5.74) is 0. The molecule has 26 heavy (non-hydrogen) atoms. The second kappa shape index (κ2) is 23.2. The summed E-state index contributed by atoms with van der Waals surface area (Å²) in [6.45, 7) is 2.26. The van der Waals surface area contributed by atoms with Gasteiger partial charge < -0.3 is 10.2 Å². The highest BCUT2D eigenvalue weighted by Crippen LogP contribution is 2.15. The topological polar surface area (TPSA) is 57.5 Å². The zero-order chi connectivity index (χ0) is 18.6. The Balaban J connectivity index is 0. The van der Waals surface area contributed by atoms with Gasteiger partial charge in [0.25, 0.3) is 0 Å². The average molecular weight is 383 g/mol. The lowest BCUT2D eigenvalue weighted by atomic mass is 10.0. The van der Waals surface area contributed by atoms with E-state index in [0.717, 1.165) is 38.5 Å². The molecule has 0 aliphatic carbocycles. The van der Waals surface area contributed by atoms with Gasteiger partial charge >= 0.3 is 29.0 Å². The second-order valence-corrected chi connectivity index (χ2v) is 7.68. The minimum absolute atomic E-state index is 0. The van der Waals surface area contributed by atoms with Crippen LogP contribution in [0.3, 0.4) is 0 Å². The number of carboxylic acids is 1. The number of carboxylic acid groups (broad SMARTS) is 1. The van der Waals surface area contributed by atoms with Crippen LogP contribution in [0.1, 0.15) is 129 Å². The molecule has 3 nitrogen and oxygen atoms in total. The van der Waals surface area contributed by atoms with E-state index in [0.29, 0.717) is 6.42 Å². The number of aliphatic carboxylic acids is 1. The monoisotopic (exact) mass is 382 g/mol. The van der Waals surface area contributed by atoms with Crippen molar-refractivity contribution < 1.29 is 15.0 Å². The van der Waals surface area contributed by atoms with Gasteiger partial charge in [-0.3, -0.25) is 4.79 Å². The van der Waals surface area contributed by atoms with Crippen LogP contribution in [0, 0.1) is 0 Å². The van der Waals surface area contributed by atoms with Crippen molar-refractivity contribution in [2.75, 3.05) is 0 Å². The third kappa shape index (κ3) is 24.2. The molecule has 1 atom stereocenters. The highest BCUT2D eigenvalue weighted by Gasteiger charge is 2.03. The number of aliphatic hydroxyl groups excluding tert-OH is 1. The Morgan fingerprint density at radius 1 is 0.654 bits per heavy atom. The minimum Gasteiger partial charge on any atom is -0.481 e. The molecule has 0 aromatic carbocycles. The van der Waals surface area contributed by atoms with Crippen LogP contribution in [-0.2, 0) is 4.79 Å². The summed E-state index contributed by atoms with van der Waals surface area (Å²) >= 11 is 0. The molecular formula is C22H46MgO3. The first kappa shape index (κ1) is 28.4. The maximum atomic E-state index is 10.4. The van der Waals surface area contributed by atoms with Gasteiger partial charge in [0.15, 0.2) is 0 Å². The number of hydrogen-bond donors (Lipinski definition) is 2. The number of aliphatic hydroxyl groups is 1. The molecule has 0 aliphatic heterocycles. The van der Waals surface area contributed by atoms with Gasteiger partial charge in [-0.05, 0) is 19.3 Å². The fraction of sp³-hybridized carbons (Fsp3) is 0.955. The van der Waals surface area contributed by atoms with E-state index in [1.54, 1.807) is 0 Å². The van der Waals surface area contributed by atoms with E-state index >= 15 is 0 Å². The highest BCUT2D eigenvalue weighted by molar-refractivity contribution is 5.75. The van der Waals surface area contributed by atoms with Gasteiger partial charge in [0.2, 0.25) is 0 Å². The zero-order valence-electron chi connectivity index (χ0n) is 16.8. The quantitative estimate of drug-likeness (QED) is 0.202. The van der Waals surface area contributed by atoms with Crippen molar-refractivity contribution in [1.82, 2.24) is 0 Å². The molecule has 0 aromatic rings. The lowest BCUT2D eigenvalue weighted by Crippen LogP contribution is -2.05. The van der Waals surface area contributed by atoms with Gasteiger partial charge in [-0.25, -0.2) is 0 Å². The maximum Gasteiger partial charge on any atom is 0.316 e. The molecule has 4 heteroatoms. The predicted molar refractivity (Wildman–Crippen MR) is 116 cm³/mol. The first-order valence-electron chi connectivity index (χ1n) is 11.1. The number of rotatable bonds is 20. The molecule has 0 fully saturated rings. The first-order valence-corrected chi connectivity index (χ1v) is 11.1. The lowest BCUT2D eigenvalue weighted by molar-refractivity contribution is -0.137. The molecule has 0 bridgehead atoms. The average Bonchev–Trinajstić information content (AvgIpc) is 2.58. The molecule has 2 N–H and O–H groups in total. The van der Waals surface area contributed by atoms with Crippen molar-refractivity contribution in [3.05, 3.63) is 0 Å². The summed E-state index contributed by atoms with van der Waals surface area (Å²) in [6.07, 6.45) is 22.0. The first-order chi connectivity index (χ1) is 12.2. The summed E-state index contributed by atoms with van der Waals surface area (Å²) in [4.78, 5) is 10.4. The standard InChI is InChI=1S/C22H44O3.Mg.2H/c1-2-3-4-5-6-9-12-15-18-21(23)19-16-13-10-7-8-11-14-17-20-22(24)25;;;/h21,23H,2-20H2,1H3,(H,24,25);;;. The van der Waals surface area contributed by atoms with E-state index in [9.17, 15) is 9.90 Å². The summed E-state index contributed by atoms with van der Waals surface area (Å²) in [5.74, 6) is -0.675. The lowest BCUT2D eigenvalue weighted by Gasteiger charge is -2.10. The van der Waals surface area contributed by atoms with Crippen LogP contribution in [0.4, 0.5) is 0 Å². The van der Waals surface area contributed by atoms with E-state index < -0.39 is 5.97 Å². The van der Waals surface area contributed by atoms with Crippen LogP contribution in [0.25, 0.3) is 0 Å². The number of hydrogen-bond acceptors (Lipinski definition) is 2. The van der Waals surface area contributed by atoms with Crippen LogP contribution in [0.15, 0.2) is 0 Å². The third-order valence-electron chi connectivity index (χ3n) is 5.07. The van der Waals surface area contributed by atoms with Gasteiger partial charge in [-0.2, -0.15) is 0 Å². The van der Waals surface area contributed by atoms with Crippen LogP contribution >= 0.6 is 0 Å². The number of carbonyl (C=O) groups is 1. The smallest absolute Gasteiger partial charge is 0.316 e. The SMILES string of the molecule is CCCCCCCCCCC(O)CCCCCCCCCCC(=O)O.[MgH2]. The maximum absolute atomic E-state index is 10.4. The van der Waals surface area contributed by atoms with Gasteiger partial charge in [0, 0.05) is 6.42 Å². The fourth-order valence-corrected chi connectivity index (χ4v) is 3.38. The molecule has 154 valence electrons. The third-order valence-corrected chi connectivity index (χ3v) is 5.07. The van der Waals surface area contributed by atoms with Gasteiger partial charge in [-0.15, -0.1) is 0 Å². The Labute approximate surface area is 178 Å². The van der Waals surface area contributed by atoms with Gasteiger partial charge in [-0.1, -0.05) is 103 Å². The molecule has 1 unspecified atom stereocenters. The molecule has 0 rings (SSSR count). The van der Waals surface area contributed by atoms with Crippen LogP contribution in [-0.4, -0.2) is 45.3 Å². The molecule has 0 aromatic heterocycles. The van der Waals surface area contributed by atoms with Crippen molar-refractivity contribution in [2.24, 2.45) is 0 Å². The molecule has 0 amide bonds. The molecule has 0 saturated carbocycles. The molecule has 0 spiro atoms. The Kier molecular flexibility index (Phi) is 25.4. The minimum atomic E-state index is -0.675. The summed E-state index contributed by atoms with van der Waals surface area (Å²) in [6, 6.07) is 0. The van der Waals surface area contributed by atoms with E-state index in [2.05, 4.69) is 6.92 Å². The Bertz CT molecular complexity index is 285. The van der Waals surface area contributed by atoms with Gasteiger partial charge in [0.1, 0.15) is 0 Å². The van der Waals surface area contributed by atoms with Crippen LogP contribution in [0.5, 0.6) is 0 Å². The fourth-order valence-electron chi connectivity index (χ4n) is 3.38. The van der Waals surface area contributed by atoms with Crippen molar-refractivity contribution in [1.29, 1.82) is 0 Å². The Hall–Kier alpha value is 0.196. The zero-order valence-corrected chi connectivity index (χ0v) is 16.8. The van der Waals surface area contributed by atoms with Crippen molar-refractivity contribution in [3.8, 4) is 0 Å². The van der Waals surface area contributed by atoms with Gasteiger partial charge in [0.05, 0.1) is 6.10 Å². The molecule has 0 aliphatic rings.